The van der Waals surface area contributed by atoms with E-state index in [0.29, 0.717) is 19.8 Å². The van der Waals surface area contributed by atoms with Crippen molar-refractivity contribution in [3.63, 3.8) is 0 Å². The standard InChI is InChI=1S/C22H23N7O2S/c1-12-10-31-5-4-29(12)22(30)13-2-3-16-17(7-13)32-21-18(16)20(24-11-25-21)27-15-6-14-8-26-28-19(14)23-9-15/h6,8-9,11-13H,2-5,7,10H2,1H3,(H,23,26,28)(H,24,25,27). The number of nitrogens with zero attached hydrogens (tertiary/aromatic N) is 5. The van der Waals surface area contributed by atoms with Crippen molar-refractivity contribution in [3.05, 3.63) is 35.2 Å². The van der Waals surface area contributed by atoms with Crippen LogP contribution < -0.4 is 5.32 Å². The Bertz CT molecular complexity index is 1320. The van der Waals surface area contributed by atoms with E-state index < -0.39 is 0 Å². The van der Waals surface area contributed by atoms with E-state index in [0.717, 1.165) is 52.0 Å². The summed E-state index contributed by atoms with van der Waals surface area (Å²) in [7, 11) is 0. The summed E-state index contributed by atoms with van der Waals surface area (Å²) in [6.07, 6.45) is 7.58. The van der Waals surface area contributed by atoms with Gasteiger partial charge in [-0.2, -0.15) is 5.10 Å². The SMILES string of the molecule is CC1COCCN1C(=O)C1CCc2c(sc3ncnc(Nc4cnc5[nH]ncc5c4)c23)C1. The van der Waals surface area contributed by atoms with Crippen LogP contribution in [-0.4, -0.2) is 61.8 Å². The van der Waals surface area contributed by atoms with Crippen molar-refractivity contribution in [1.29, 1.82) is 0 Å². The number of aromatic amines is 1. The lowest BCUT2D eigenvalue weighted by atomic mass is 9.86. The molecule has 4 aromatic heterocycles. The monoisotopic (exact) mass is 449 g/mol. The van der Waals surface area contributed by atoms with Gasteiger partial charge in [0.25, 0.3) is 0 Å². The Labute approximate surface area is 188 Å². The van der Waals surface area contributed by atoms with Crippen LogP contribution in [0.5, 0.6) is 0 Å². The summed E-state index contributed by atoms with van der Waals surface area (Å²) < 4.78 is 5.50. The second-order valence-corrected chi connectivity index (χ2v) is 9.54. The number of carbonyl (C=O) groups excluding carboxylic acids is 1. The average molecular weight is 450 g/mol. The molecule has 0 aromatic carbocycles. The van der Waals surface area contributed by atoms with Gasteiger partial charge in [0, 0.05) is 22.7 Å². The van der Waals surface area contributed by atoms with Gasteiger partial charge >= 0.3 is 0 Å². The fraction of sp³-hybridized carbons (Fsp3) is 0.409. The summed E-state index contributed by atoms with van der Waals surface area (Å²) >= 11 is 1.68. The van der Waals surface area contributed by atoms with Crippen molar-refractivity contribution in [3.8, 4) is 0 Å². The molecule has 1 aliphatic heterocycles. The van der Waals surface area contributed by atoms with Gasteiger partial charge in [0.15, 0.2) is 5.65 Å². The maximum absolute atomic E-state index is 13.2. The van der Waals surface area contributed by atoms with Crippen molar-refractivity contribution >= 4 is 50.0 Å². The smallest absolute Gasteiger partial charge is 0.226 e. The second kappa shape index (κ2) is 7.79. The first-order valence-electron chi connectivity index (χ1n) is 10.9. The van der Waals surface area contributed by atoms with Crippen molar-refractivity contribution in [1.82, 2.24) is 30.0 Å². The number of aromatic nitrogens is 5. The molecule has 10 heteroatoms. The number of fused-ring (bicyclic) bond motifs is 4. The molecule has 32 heavy (non-hydrogen) atoms. The number of hydrogen-bond acceptors (Lipinski definition) is 8. The van der Waals surface area contributed by atoms with Crippen LogP contribution in [0.3, 0.4) is 0 Å². The number of anilines is 2. The maximum Gasteiger partial charge on any atom is 0.226 e. The third-order valence-electron chi connectivity index (χ3n) is 6.40. The minimum absolute atomic E-state index is 0.0215. The third kappa shape index (κ3) is 3.30. The molecule has 0 bridgehead atoms. The van der Waals surface area contributed by atoms with Crippen LogP contribution in [0.25, 0.3) is 21.3 Å². The van der Waals surface area contributed by atoms with Gasteiger partial charge in [-0.15, -0.1) is 11.3 Å². The fourth-order valence-electron chi connectivity index (χ4n) is 4.75. The molecule has 1 fully saturated rings. The summed E-state index contributed by atoms with van der Waals surface area (Å²) in [6.45, 7) is 4.00. The molecule has 2 aliphatic rings. The number of hydrogen-bond donors (Lipinski definition) is 2. The van der Waals surface area contributed by atoms with Crippen LogP contribution in [0.4, 0.5) is 11.5 Å². The van der Waals surface area contributed by atoms with Crippen LogP contribution in [0.2, 0.25) is 0 Å². The number of morpholine rings is 1. The highest BCUT2D eigenvalue weighted by Crippen LogP contribution is 2.41. The third-order valence-corrected chi connectivity index (χ3v) is 7.56. The van der Waals surface area contributed by atoms with Gasteiger partial charge in [0.2, 0.25) is 5.91 Å². The molecule has 2 atom stereocenters. The van der Waals surface area contributed by atoms with Gasteiger partial charge in [-0.05, 0) is 37.8 Å². The average Bonchev–Trinajstić information content (AvgIpc) is 3.42. The van der Waals surface area contributed by atoms with Gasteiger partial charge in [-0.25, -0.2) is 15.0 Å². The zero-order chi connectivity index (χ0) is 21.7. The Morgan fingerprint density at radius 1 is 1.31 bits per heavy atom. The predicted octanol–water partition coefficient (Wildman–Crippen LogP) is 3.06. The predicted molar refractivity (Wildman–Crippen MR) is 122 cm³/mol. The largest absolute Gasteiger partial charge is 0.377 e. The van der Waals surface area contributed by atoms with E-state index in [9.17, 15) is 4.79 Å². The zero-order valence-corrected chi connectivity index (χ0v) is 18.5. The molecule has 2 unspecified atom stereocenters. The van der Waals surface area contributed by atoms with Gasteiger partial charge in [0.05, 0.1) is 42.7 Å². The highest BCUT2D eigenvalue weighted by molar-refractivity contribution is 7.19. The summed E-state index contributed by atoms with van der Waals surface area (Å²) in [5.41, 5.74) is 2.87. The number of ether oxygens (including phenoxy) is 1. The topological polar surface area (TPSA) is 109 Å². The van der Waals surface area contributed by atoms with Crippen molar-refractivity contribution in [2.24, 2.45) is 5.92 Å². The van der Waals surface area contributed by atoms with Crippen molar-refractivity contribution in [2.45, 2.75) is 32.2 Å². The summed E-state index contributed by atoms with van der Waals surface area (Å²) in [5.74, 6) is 1.06. The van der Waals surface area contributed by atoms with Crippen LogP contribution in [0.1, 0.15) is 23.8 Å². The lowest BCUT2D eigenvalue weighted by Gasteiger charge is -2.36. The molecule has 0 radical (unpaired) electrons. The maximum atomic E-state index is 13.2. The Morgan fingerprint density at radius 2 is 2.25 bits per heavy atom. The molecule has 5 heterocycles. The molecule has 0 spiro atoms. The molecule has 1 saturated heterocycles. The first-order valence-corrected chi connectivity index (χ1v) is 11.7. The Morgan fingerprint density at radius 3 is 3.16 bits per heavy atom. The minimum Gasteiger partial charge on any atom is -0.377 e. The molecule has 9 nitrogen and oxygen atoms in total. The minimum atomic E-state index is 0.0215. The number of rotatable bonds is 3. The Balaban J connectivity index is 1.29. The number of carbonyl (C=O) groups is 1. The van der Waals surface area contributed by atoms with E-state index in [2.05, 4.69) is 37.4 Å². The second-order valence-electron chi connectivity index (χ2n) is 8.46. The normalized spacial score (nSPS) is 21.1. The van der Waals surface area contributed by atoms with Gasteiger partial charge < -0.3 is 15.0 Å². The molecule has 164 valence electrons. The lowest BCUT2D eigenvalue weighted by molar-refractivity contribution is -0.143. The van der Waals surface area contributed by atoms with Crippen molar-refractivity contribution in [2.75, 3.05) is 25.1 Å². The molecule has 6 rings (SSSR count). The summed E-state index contributed by atoms with van der Waals surface area (Å²) in [5, 5.41) is 12.3. The number of pyridine rings is 1. The van der Waals surface area contributed by atoms with E-state index in [1.807, 2.05) is 11.0 Å². The number of H-pyrrole nitrogens is 1. The Kier molecular flexibility index (Phi) is 4.76. The first-order chi connectivity index (χ1) is 15.7. The molecule has 2 N–H and O–H groups in total. The van der Waals surface area contributed by atoms with E-state index in [1.54, 1.807) is 30.1 Å². The van der Waals surface area contributed by atoms with E-state index in [1.165, 1.54) is 10.4 Å². The number of nitrogens with one attached hydrogen (secondary N) is 2. The highest BCUT2D eigenvalue weighted by atomic mass is 32.1. The van der Waals surface area contributed by atoms with Gasteiger partial charge in [-0.3, -0.25) is 9.89 Å². The zero-order valence-electron chi connectivity index (χ0n) is 17.7. The fourth-order valence-corrected chi connectivity index (χ4v) is 6.01. The lowest BCUT2D eigenvalue weighted by Crippen LogP contribution is -2.50. The van der Waals surface area contributed by atoms with Crippen LogP contribution in [0.15, 0.2) is 24.8 Å². The first kappa shape index (κ1) is 19.6. The van der Waals surface area contributed by atoms with Gasteiger partial charge in [0.1, 0.15) is 17.0 Å². The summed E-state index contributed by atoms with van der Waals surface area (Å²) in [6, 6.07) is 2.14. The van der Waals surface area contributed by atoms with E-state index in [4.69, 9.17) is 4.74 Å². The number of aryl methyl sites for hydroxylation is 1. The number of amides is 1. The molecular weight excluding hydrogens is 426 g/mol. The van der Waals surface area contributed by atoms with Crippen LogP contribution in [-0.2, 0) is 22.4 Å². The quantitative estimate of drug-likeness (QED) is 0.495. The molecular formula is C22H23N7O2S. The number of thiophene rings is 1. The van der Waals surface area contributed by atoms with Gasteiger partial charge in [-0.1, -0.05) is 0 Å². The molecule has 1 amide bonds. The Hall–Kier alpha value is -3.11. The van der Waals surface area contributed by atoms with E-state index >= 15 is 0 Å². The molecule has 4 aromatic rings. The highest BCUT2D eigenvalue weighted by Gasteiger charge is 2.34. The van der Waals surface area contributed by atoms with Crippen LogP contribution >= 0.6 is 11.3 Å². The van der Waals surface area contributed by atoms with Crippen LogP contribution in [0, 0.1) is 5.92 Å². The van der Waals surface area contributed by atoms with Crippen molar-refractivity contribution < 1.29 is 9.53 Å². The molecule has 1 aliphatic carbocycles. The molecule has 0 saturated carbocycles. The summed E-state index contributed by atoms with van der Waals surface area (Å²) in [4.78, 5) is 30.9. The van der Waals surface area contributed by atoms with E-state index in [-0.39, 0.29) is 17.9 Å².